The molecule has 0 aromatic rings. The maximum atomic E-state index is 8.70. The van der Waals surface area contributed by atoms with E-state index >= 15 is 0 Å². The number of nitrogens with zero attached hydrogens (tertiary/aromatic N) is 3. The van der Waals surface area contributed by atoms with Crippen LogP contribution in [0.2, 0.25) is 0 Å². The molecule has 5 heteroatoms. The predicted octanol–water partition coefficient (Wildman–Crippen LogP) is 0.530. The fourth-order valence-corrected chi connectivity index (χ4v) is 0.966. The van der Waals surface area contributed by atoms with E-state index in [2.05, 4.69) is 10.6 Å². The standard InChI is InChI=1S/C9H17N5/c1-7(2)12-9(13-8(3)4)14(5-10)6-11/h7-9,12-13H,1-4H3. The molecular weight excluding hydrogens is 178 g/mol. The van der Waals surface area contributed by atoms with Crippen molar-refractivity contribution in [3.63, 3.8) is 0 Å². The summed E-state index contributed by atoms with van der Waals surface area (Å²) in [7, 11) is 0. The Kier molecular flexibility index (Phi) is 5.62. The first-order valence-corrected chi connectivity index (χ1v) is 4.62. The van der Waals surface area contributed by atoms with Crippen LogP contribution in [0.25, 0.3) is 0 Å². The summed E-state index contributed by atoms with van der Waals surface area (Å²) in [6, 6.07) is 0.408. The fourth-order valence-electron chi connectivity index (χ4n) is 0.966. The van der Waals surface area contributed by atoms with E-state index in [0.29, 0.717) is 0 Å². The third kappa shape index (κ3) is 4.66. The van der Waals surface area contributed by atoms with E-state index in [0.717, 1.165) is 4.90 Å². The van der Waals surface area contributed by atoms with Crippen molar-refractivity contribution in [2.45, 2.75) is 46.1 Å². The molecule has 0 aliphatic heterocycles. The maximum absolute atomic E-state index is 8.70. The van der Waals surface area contributed by atoms with E-state index in [-0.39, 0.29) is 12.1 Å². The molecule has 0 radical (unpaired) electrons. The van der Waals surface area contributed by atoms with Gasteiger partial charge in [0.2, 0.25) is 0 Å². The summed E-state index contributed by atoms with van der Waals surface area (Å²) in [5, 5.41) is 23.6. The van der Waals surface area contributed by atoms with Crippen LogP contribution in [0, 0.1) is 22.9 Å². The van der Waals surface area contributed by atoms with Gasteiger partial charge in [-0.25, -0.2) is 0 Å². The Morgan fingerprint density at radius 3 is 1.50 bits per heavy atom. The minimum absolute atomic E-state index is 0.204. The summed E-state index contributed by atoms with van der Waals surface area (Å²) in [5.41, 5.74) is 0. The average molecular weight is 195 g/mol. The molecule has 0 amide bonds. The van der Waals surface area contributed by atoms with Gasteiger partial charge >= 0.3 is 0 Å². The molecule has 5 nitrogen and oxygen atoms in total. The normalized spacial score (nSPS) is 10.4. The molecule has 0 aromatic heterocycles. The van der Waals surface area contributed by atoms with Crippen LogP contribution >= 0.6 is 0 Å². The monoisotopic (exact) mass is 195 g/mol. The molecular formula is C9H17N5. The smallest absolute Gasteiger partial charge is 0.196 e. The SMILES string of the molecule is CC(C)NC(NC(C)C)N(C#N)C#N. The largest absolute Gasteiger partial charge is 0.281 e. The molecule has 78 valence electrons. The van der Waals surface area contributed by atoms with Crippen LogP contribution in [0.15, 0.2) is 0 Å². The number of hydrogen-bond acceptors (Lipinski definition) is 5. The number of nitriles is 2. The van der Waals surface area contributed by atoms with E-state index < -0.39 is 6.29 Å². The molecule has 0 saturated heterocycles. The van der Waals surface area contributed by atoms with Gasteiger partial charge in [-0.15, -0.1) is 0 Å². The minimum atomic E-state index is -0.426. The van der Waals surface area contributed by atoms with Crippen LogP contribution in [0.3, 0.4) is 0 Å². The van der Waals surface area contributed by atoms with Gasteiger partial charge in [0.1, 0.15) is 0 Å². The highest BCUT2D eigenvalue weighted by Gasteiger charge is 2.17. The molecule has 0 rings (SSSR count). The second-order valence-corrected chi connectivity index (χ2v) is 3.62. The first-order valence-electron chi connectivity index (χ1n) is 4.62. The van der Waals surface area contributed by atoms with E-state index in [4.69, 9.17) is 10.5 Å². The molecule has 0 aliphatic rings. The zero-order valence-electron chi connectivity index (χ0n) is 9.07. The molecule has 14 heavy (non-hydrogen) atoms. The molecule has 0 saturated carbocycles. The van der Waals surface area contributed by atoms with Crippen molar-refractivity contribution in [3.05, 3.63) is 0 Å². The minimum Gasteiger partial charge on any atom is -0.281 e. The van der Waals surface area contributed by atoms with E-state index in [9.17, 15) is 0 Å². The Morgan fingerprint density at radius 1 is 0.929 bits per heavy atom. The van der Waals surface area contributed by atoms with Crippen LogP contribution < -0.4 is 10.6 Å². The second-order valence-electron chi connectivity index (χ2n) is 3.62. The lowest BCUT2D eigenvalue weighted by molar-refractivity contribution is 0.236. The first-order chi connectivity index (χ1) is 6.51. The van der Waals surface area contributed by atoms with Crippen molar-refractivity contribution >= 4 is 0 Å². The molecule has 0 bridgehead atoms. The fraction of sp³-hybridized carbons (Fsp3) is 0.778. The van der Waals surface area contributed by atoms with Crippen molar-refractivity contribution < 1.29 is 0 Å². The molecule has 2 N–H and O–H groups in total. The topological polar surface area (TPSA) is 74.9 Å². The van der Waals surface area contributed by atoms with E-state index in [1.165, 1.54) is 0 Å². The Labute approximate surface area is 85.3 Å². The Morgan fingerprint density at radius 2 is 1.29 bits per heavy atom. The summed E-state index contributed by atoms with van der Waals surface area (Å²) >= 11 is 0. The molecule has 0 fully saturated rings. The molecule has 0 atom stereocenters. The molecule has 0 aromatic carbocycles. The number of hydrogen-bond donors (Lipinski definition) is 2. The van der Waals surface area contributed by atoms with Gasteiger partial charge in [-0.3, -0.25) is 10.6 Å². The highest BCUT2D eigenvalue weighted by Crippen LogP contribution is 1.93. The van der Waals surface area contributed by atoms with Crippen molar-refractivity contribution in [1.29, 1.82) is 10.5 Å². The van der Waals surface area contributed by atoms with Crippen LogP contribution in [0.5, 0.6) is 0 Å². The quantitative estimate of drug-likeness (QED) is 0.380. The lowest BCUT2D eigenvalue weighted by Gasteiger charge is -2.26. The average Bonchev–Trinajstić information content (AvgIpc) is 2.03. The van der Waals surface area contributed by atoms with Gasteiger partial charge in [0.25, 0.3) is 0 Å². The Hall–Kier alpha value is -1.30. The van der Waals surface area contributed by atoms with Gasteiger partial charge in [-0.05, 0) is 27.7 Å². The Bertz CT molecular complexity index is 211. The van der Waals surface area contributed by atoms with Gasteiger partial charge in [0.05, 0.1) is 0 Å². The highest BCUT2D eigenvalue weighted by atomic mass is 15.4. The highest BCUT2D eigenvalue weighted by molar-refractivity contribution is 4.91. The van der Waals surface area contributed by atoms with Crippen LogP contribution in [-0.4, -0.2) is 23.3 Å². The van der Waals surface area contributed by atoms with Gasteiger partial charge in [0, 0.05) is 12.1 Å². The summed E-state index contributed by atoms with van der Waals surface area (Å²) < 4.78 is 0. The zero-order valence-corrected chi connectivity index (χ0v) is 9.07. The molecule has 0 heterocycles. The molecule has 0 spiro atoms. The number of nitrogens with one attached hydrogen (secondary N) is 2. The zero-order chi connectivity index (χ0) is 11.1. The van der Waals surface area contributed by atoms with Crippen molar-refractivity contribution in [3.8, 4) is 12.4 Å². The number of rotatable bonds is 5. The molecule has 0 unspecified atom stereocenters. The van der Waals surface area contributed by atoms with E-state index in [1.807, 2.05) is 40.1 Å². The predicted molar refractivity (Wildman–Crippen MR) is 53.4 cm³/mol. The maximum Gasteiger partial charge on any atom is 0.196 e. The summed E-state index contributed by atoms with van der Waals surface area (Å²) in [6.45, 7) is 7.84. The van der Waals surface area contributed by atoms with Crippen molar-refractivity contribution in [2.24, 2.45) is 0 Å². The van der Waals surface area contributed by atoms with Crippen LogP contribution in [0.4, 0.5) is 0 Å². The van der Waals surface area contributed by atoms with Gasteiger partial charge in [-0.2, -0.15) is 15.4 Å². The Balaban J connectivity index is 4.40. The summed E-state index contributed by atoms with van der Waals surface area (Å²) in [5.74, 6) is 0. The second kappa shape index (κ2) is 6.20. The van der Waals surface area contributed by atoms with Crippen LogP contribution in [-0.2, 0) is 0 Å². The van der Waals surface area contributed by atoms with E-state index in [1.54, 1.807) is 0 Å². The molecule has 0 aliphatic carbocycles. The van der Waals surface area contributed by atoms with Crippen molar-refractivity contribution in [1.82, 2.24) is 15.5 Å². The van der Waals surface area contributed by atoms with Crippen LogP contribution in [0.1, 0.15) is 27.7 Å². The van der Waals surface area contributed by atoms with Gasteiger partial charge in [-0.1, -0.05) is 0 Å². The summed E-state index contributed by atoms with van der Waals surface area (Å²) in [6.07, 6.45) is 3.19. The third-order valence-electron chi connectivity index (χ3n) is 1.46. The lowest BCUT2D eigenvalue weighted by Crippen LogP contribution is -2.55. The lowest BCUT2D eigenvalue weighted by atomic mass is 10.3. The van der Waals surface area contributed by atoms with Crippen molar-refractivity contribution in [2.75, 3.05) is 0 Å². The van der Waals surface area contributed by atoms with Gasteiger partial charge < -0.3 is 0 Å². The van der Waals surface area contributed by atoms with Gasteiger partial charge in [0.15, 0.2) is 18.7 Å². The summed E-state index contributed by atoms with van der Waals surface area (Å²) in [4.78, 5) is 1.00. The first kappa shape index (κ1) is 12.7. The third-order valence-corrected chi connectivity index (χ3v) is 1.46.